The number of halogens is 1. The molecule has 118 valence electrons. The summed E-state index contributed by atoms with van der Waals surface area (Å²) in [4.78, 5) is 8.39. The molecule has 0 aliphatic heterocycles. The smallest absolute Gasteiger partial charge is 0.224 e. The van der Waals surface area contributed by atoms with Gasteiger partial charge in [0.05, 0.1) is 22.0 Å². The van der Waals surface area contributed by atoms with Crippen LogP contribution in [0.15, 0.2) is 35.4 Å². The molecule has 2 rings (SSSR count). The van der Waals surface area contributed by atoms with E-state index in [9.17, 15) is 8.42 Å². The number of nitrogens with zero attached hydrogens (tertiary/aromatic N) is 2. The molecule has 8 heteroatoms. The monoisotopic (exact) mass is 340 g/mol. The van der Waals surface area contributed by atoms with Gasteiger partial charge in [-0.3, -0.25) is 0 Å². The van der Waals surface area contributed by atoms with Crippen LogP contribution in [0.5, 0.6) is 0 Å². The van der Waals surface area contributed by atoms with Crippen molar-refractivity contribution in [3.8, 4) is 0 Å². The number of sulfone groups is 1. The first-order valence-electron chi connectivity index (χ1n) is 6.66. The molecule has 0 radical (unpaired) electrons. The van der Waals surface area contributed by atoms with Gasteiger partial charge in [-0.25, -0.2) is 13.4 Å². The van der Waals surface area contributed by atoms with Crippen LogP contribution in [0.1, 0.15) is 13.8 Å². The Morgan fingerprint density at radius 3 is 2.55 bits per heavy atom. The summed E-state index contributed by atoms with van der Waals surface area (Å²) in [7, 11) is -1.74. The van der Waals surface area contributed by atoms with Gasteiger partial charge in [-0.15, -0.1) is 0 Å². The van der Waals surface area contributed by atoms with Crippen LogP contribution in [0.3, 0.4) is 0 Å². The van der Waals surface area contributed by atoms with Crippen LogP contribution in [0.25, 0.3) is 0 Å². The van der Waals surface area contributed by atoms with E-state index in [1.165, 1.54) is 6.20 Å². The molecule has 2 N–H and O–H groups in total. The third-order valence-corrected chi connectivity index (χ3v) is 5.52. The maximum Gasteiger partial charge on any atom is 0.224 e. The van der Waals surface area contributed by atoms with Crippen LogP contribution in [0.2, 0.25) is 5.02 Å². The SMILES string of the molecule is CNc1ncc(Cl)c(Nc2ccccc2S(=O)(=O)C(C)C)n1. The number of hydrogen-bond donors (Lipinski definition) is 2. The third kappa shape index (κ3) is 3.31. The van der Waals surface area contributed by atoms with Gasteiger partial charge in [-0.2, -0.15) is 4.98 Å². The molecule has 0 atom stereocenters. The van der Waals surface area contributed by atoms with E-state index >= 15 is 0 Å². The second-order valence-electron chi connectivity index (χ2n) is 4.86. The molecule has 0 unspecified atom stereocenters. The van der Waals surface area contributed by atoms with Crippen molar-refractivity contribution in [2.75, 3.05) is 17.7 Å². The second-order valence-corrected chi connectivity index (χ2v) is 7.73. The van der Waals surface area contributed by atoms with Gasteiger partial charge in [0.25, 0.3) is 0 Å². The molecule has 6 nitrogen and oxygen atoms in total. The summed E-state index contributed by atoms with van der Waals surface area (Å²) in [5.74, 6) is 0.725. The van der Waals surface area contributed by atoms with Crippen molar-refractivity contribution in [2.45, 2.75) is 24.0 Å². The Kier molecular flexibility index (Phi) is 4.87. The summed E-state index contributed by atoms with van der Waals surface area (Å²) in [5.41, 5.74) is 0.429. The van der Waals surface area contributed by atoms with Gasteiger partial charge in [0, 0.05) is 7.05 Å². The Hall–Kier alpha value is -1.86. The van der Waals surface area contributed by atoms with E-state index in [-0.39, 0.29) is 4.90 Å². The average molecular weight is 341 g/mol. The molecule has 0 bridgehead atoms. The zero-order chi connectivity index (χ0) is 16.3. The van der Waals surface area contributed by atoms with Gasteiger partial charge < -0.3 is 10.6 Å². The van der Waals surface area contributed by atoms with Crippen LogP contribution < -0.4 is 10.6 Å². The number of para-hydroxylation sites is 1. The van der Waals surface area contributed by atoms with Crippen LogP contribution in [0.4, 0.5) is 17.5 Å². The average Bonchev–Trinajstić information content (AvgIpc) is 2.49. The zero-order valence-corrected chi connectivity index (χ0v) is 14.0. The molecule has 0 aliphatic rings. The van der Waals surface area contributed by atoms with Crippen LogP contribution in [-0.2, 0) is 9.84 Å². The first-order valence-corrected chi connectivity index (χ1v) is 8.59. The van der Waals surface area contributed by atoms with E-state index in [4.69, 9.17) is 11.6 Å². The van der Waals surface area contributed by atoms with E-state index in [0.29, 0.717) is 22.5 Å². The molecule has 2 aromatic rings. The molecular formula is C14H17ClN4O2S. The predicted molar refractivity (Wildman–Crippen MR) is 88.6 cm³/mol. The molecule has 0 spiro atoms. The Balaban J connectivity index is 2.48. The highest BCUT2D eigenvalue weighted by atomic mass is 35.5. The van der Waals surface area contributed by atoms with Gasteiger partial charge >= 0.3 is 0 Å². The first-order chi connectivity index (χ1) is 10.4. The molecule has 1 aromatic carbocycles. The highest BCUT2D eigenvalue weighted by Crippen LogP contribution is 2.29. The molecule has 0 fully saturated rings. The van der Waals surface area contributed by atoms with Crippen molar-refractivity contribution < 1.29 is 8.42 Å². The quantitative estimate of drug-likeness (QED) is 0.870. The fraction of sp³-hybridized carbons (Fsp3) is 0.286. The summed E-state index contributed by atoms with van der Waals surface area (Å²) >= 11 is 6.07. The van der Waals surface area contributed by atoms with Crippen molar-refractivity contribution >= 4 is 38.9 Å². The summed E-state index contributed by atoms with van der Waals surface area (Å²) in [6, 6.07) is 6.66. The Labute approximate surface area is 134 Å². The number of rotatable bonds is 5. The van der Waals surface area contributed by atoms with Crippen LogP contribution >= 0.6 is 11.6 Å². The fourth-order valence-electron chi connectivity index (χ4n) is 1.77. The molecule has 1 heterocycles. The summed E-state index contributed by atoms with van der Waals surface area (Å²) in [5, 5.41) is 5.56. The zero-order valence-electron chi connectivity index (χ0n) is 12.5. The van der Waals surface area contributed by atoms with Crippen molar-refractivity contribution in [2.24, 2.45) is 0 Å². The minimum absolute atomic E-state index is 0.214. The van der Waals surface area contributed by atoms with Gasteiger partial charge in [0.1, 0.15) is 5.02 Å². The molecule has 0 aliphatic carbocycles. The lowest BCUT2D eigenvalue weighted by Crippen LogP contribution is -2.15. The Morgan fingerprint density at radius 2 is 1.91 bits per heavy atom. The highest BCUT2D eigenvalue weighted by molar-refractivity contribution is 7.92. The molecule has 22 heavy (non-hydrogen) atoms. The molecule has 0 saturated heterocycles. The molecule has 1 aromatic heterocycles. The fourth-order valence-corrected chi connectivity index (χ4v) is 3.11. The van der Waals surface area contributed by atoms with E-state index in [2.05, 4.69) is 20.6 Å². The minimum atomic E-state index is -3.42. The van der Waals surface area contributed by atoms with E-state index in [1.54, 1.807) is 45.2 Å². The van der Waals surface area contributed by atoms with E-state index in [1.807, 2.05) is 0 Å². The van der Waals surface area contributed by atoms with Crippen LogP contribution in [0, 0.1) is 0 Å². The van der Waals surface area contributed by atoms with Crippen molar-refractivity contribution in [3.05, 3.63) is 35.5 Å². The number of benzene rings is 1. The minimum Gasteiger partial charge on any atom is -0.357 e. The summed E-state index contributed by atoms with van der Waals surface area (Å²) in [6.45, 7) is 3.28. The number of anilines is 3. The molecule has 0 saturated carbocycles. The predicted octanol–water partition coefficient (Wildman–Crippen LogP) is 3.10. The van der Waals surface area contributed by atoms with E-state index < -0.39 is 15.1 Å². The molecule has 0 amide bonds. The maximum atomic E-state index is 12.4. The third-order valence-electron chi connectivity index (χ3n) is 3.03. The lowest BCUT2D eigenvalue weighted by molar-refractivity contribution is 0.588. The molecular weight excluding hydrogens is 324 g/mol. The second kappa shape index (κ2) is 6.50. The Bertz CT molecular complexity index is 778. The standard InChI is InChI=1S/C14H17ClN4O2S/c1-9(2)22(20,21)12-7-5-4-6-11(12)18-13-10(15)8-17-14(16-3)19-13/h4-9H,1-3H3,(H2,16,17,18,19). The highest BCUT2D eigenvalue weighted by Gasteiger charge is 2.23. The number of nitrogens with one attached hydrogen (secondary N) is 2. The van der Waals surface area contributed by atoms with E-state index in [0.717, 1.165) is 0 Å². The normalized spacial score (nSPS) is 11.5. The van der Waals surface area contributed by atoms with Gasteiger partial charge in [0.2, 0.25) is 5.95 Å². The van der Waals surface area contributed by atoms with Gasteiger partial charge in [-0.05, 0) is 26.0 Å². The summed E-state index contributed by atoms with van der Waals surface area (Å²) < 4.78 is 24.9. The van der Waals surface area contributed by atoms with Gasteiger partial charge in [-0.1, -0.05) is 23.7 Å². The van der Waals surface area contributed by atoms with Crippen molar-refractivity contribution in [3.63, 3.8) is 0 Å². The van der Waals surface area contributed by atoms with Crippen molar-refractivity contribution in [1.82, 2.24) is 9.97 Å². The van der Waals surface area contributed by atoms with Crippen LogP contribution in [-0.4, -0.2) is 30.7 Å². The lowest BCUT2D eigenvalue weighted by Gasteiger charge is -2.15. The van der Waals surface area contributed by atoms with Crippen molar-refractivity contribution in [1.29, 1.82) is 0 Å². The van der Waals surface area contributed by atoms with Gasteiger partial charge in [0.15, 0.2) is 15.7 Å². The lowest BCUT2D eigenvalue weighted by atomic mass is 10.3. The Morgan fingerprint density at radius 1 is 1.23 bits per heavy atom. The topological polar surface area (TPSA) is 84.0 Å². The largest absolute Gasteiger partial charge is 0.357 e. The summed E-state index contributed by atoms with van der Waals surface area (Å²) in [6.07, 6.45) is 1.45. The number of aromatic nitrogens is 2. The maximum absolute atomic E-state index is 12.4. The first kappa shape index (κ1) is 16.5. The number of hydrogen-bond acceptors (Lipinski definition) is 6.